The van der Waals surface area contributed by atoms with Gasteiger partial charge in [0.2, 0.25) is 0 Å². The van der Waals surface area contributed by atoms with Gasteiger partial charge in [0.25, 0.3) is 0 Å². The van der Waals surface area contributed by atoms with Gasteiger partial charge in [-0.15, -0.1) is 0 Å². The molecular formula is C9H15NO. The fourth-order valence-electron chi connectivity index (χ4n) is 1.27. The van der Waals surface area contributed by atoms with E-state index in [1.54, 1.807) is 0 Å². The van der Waals surface area contributed by atoms with Gasteiger partial charge in [0.15, 0.2) is 0 Å². The van der Waals surface area contributed by atoms with Gasteiger partial charge >= 0.3 is 0 Å². The Morgan fingerprint density at radius 3 is 2.82 bits per heavy atom. The van der Waals surface area contributed by atoms with Gasteiger partial charge in [0.1, 0.15) is 0 Å². The fraction of sp³-hybridized carbons (Fsp3) is 0.556. The summed E-state index contributed by atoms with van der Waals surface area (Å²) in [5.41, 5.74) is 1.30. The maximum absolute atomic E-state index is 8.94. The molecule has 0 saturated carbocycles. The number of allylic oxidation sites excluding steroid dienone is 2. The van der Waals surface area contributed by atoms with Gasteiger partial charge in [-0.05, 0) is 19.7 Å². The maximum Gasteiger partial charge on any atom is 0.0531 e. The van der Waals surface area contributed by atoms with Crippen molar-refractivity contribution in [1.82, 2.24) is 4.90 Å². The molecule has 0 spiro atoms. The predicted octanol–water partition coefficient (Wildman–Crippen LogP) is 0.653. The van der Waals surface area contributed by atoms with Crippen LogP contribution in [0.5, 0.6) is 0 Å². The zero-order valence-corrected chi connectivity index (χ0v) is 7.12. The molecule has 62 valence electrons. The molecule has 1 atom stereocenters. The van der Waals surface area contributed by atoms with E-state index >= 15 is 0 Å². The first-order valence-electron chi connectivity index (χ1n) is 3.87. The summed E-state index contributed by atoms with van der Waals surface area (Å²) in [4.78, 5) is 2.11. The molecule has 1 aliphatic carbocycles. The second-order valence-electron chi connectivity index (χ2n) is 3.15. The van der Waals surface area contributed by atoms with Gasteiger partial charge in [0, 0.05) is 12.5 Å². The molecule has 11 heavy (non-hydrogen) atoms. The summed E-state index contributed by atoms with van der Waals surface area (Å²) in [7, 11) is 4.07. The molecule has 0 aromatic rings. The summed E-state index contributed by atoms with van der Waals surface area (Å²) in [6.07, 6.45) is 6.14. The normalized spacial score (nSPS) is 22.9. The average Bonchev–Trinajstić information content (AvgIpc) is 2.34. The van der Waals surface area contributed by atoms with Crippen molar-refractivity contribution < 1.29 is 5.11 Å². The van der Waals surface area contributed by atoms with E-state index in [9.17, 15) is 0 Å². The lowest BCUT2D eigenvalue weighted by atomic mass is 10.0. The number of likely N-dealkylation sites (N-methyl/N-ethyl adjacent to an activating group) is 1. The van der Waals surface area contributed by atoms with Gasteiger partial charge in [-0.1, -0.05) is 18.2 Å². The van der Waals surface area contributed by atoms with Crippen LogP contribution in [0.1, 0.15) is 0 Å². The van der Waals surface area contributed by atoms with E-state index in [-0.39, 0.29) is 12.5 Å². The first kappa shape index (κ1) is 8.50. The molecule has 2 heteroatoms. The van der Waals surface area contributed by atoms with Gasteiger partial charge in [0.05, 0.1) is 6.61 Å². The van der Waals surface area contributed by atoms with E-state index in [4.69, 9.17) is 5.11 Å². The number of rotatable bonds is 3. The van der Waals surface area contributed by atoms with Gasteiger partial charge < -0.3 is 10.0 Å². The van der Waals surface area contributed by atoms with E-state index in [0.29, 0.717) is 0 Å². The van der Waals surface area contributed by atoms with Crippen LogP contribution < -0.4 is 0 Å². The highest BCUT2D eigenvalue weighted by atomic mass is 16.3. The van der Waals surface area contributed by atoms with Gasteiger partial charge in [-0.3, -0.25) is 0 Å². The van der Waals surface area contributed by atoms with Crippen molar-refractivity contribution in [2.24, 2.45) is 5.92 Å². The first-order chi connectivity index (χ1) is 5.24. The lowest BCUT2D eigenvalue weighted by molar-refractivity contribution is 0.264. The molecule has 0 saturated heterocycles. The third kappa shape index (κ3) is 2.17. The Balaban J connectivity index is 2.47. The van der Waals surface area contributed by atoms with Crippen molar-refractivity contribution in [2.75, 3.05) is 27.2 Å². The van der Waals surface area contributed by atoms with Crippen molar-refractivity contribution >= 4 is 0 Å². The van der Waals surface area contributed by atoms with E-state index < -0.39 is 0 Å². The summed E-state index contributed by atoms with van der Waals surface area (Å²) in [5.74, 6) is 0.261. The average molecular weight is 153 g/mol. The lowest BCUT2D eigenvalue weighted by Gasteiger charge is -2.15. The Hall–Kier alpha value is -0.600. The zero-order chi connectivity index (χ0) is 8.27. The largest absolute Gasteiger partial charge is 0.395 e. The molecule has 1 unspecified atom stereocenters. The third-order valence-electron chi connectivity index (χ3n) is 1.83. The lowest BCUT2D eigenvalue weighted by Crippen LogP contribution is -2.19. The monoisotopic (exact) mass is 153 g/mol. The van der Waals surface area contributed by atoms with E-state index in [1.807, 2.05) is 26.2 Å². The Labute approximate surface area is 67.8 Å². The van der Waals surface area contributed by atoms with Crippen molar-refractivity contribution in [2.45, 2.75) is 0 Å². The van der Waals surface area contributed by atoms with Crippen LogP contribution in [-0.2, 0) is 0 Å². The summed E-state index contributed by atoms with van der Waals surface area (Å²) in [6.45, 7) is 1.18. The molecule has 0 aromatic heterocycles. The number of hydrogen-bond acceptors (Lipinski definition) is 2. The van der Waals surface area contributed by atoms with Crippen LogP contribution >= 0.6 is 0 Å². The fourth-order valence-corrected chi connectivity index (χ4v) is 1.27. The molecule has 0 fully saturated rings. The summed E-state index contributed by atoms with van der Waals surface area (Å²) in [6, 6.07) is 0. The summed E-state index contributed by atoms with van der Waals surface area (Å²) in [5, 5.41) is 8.94. The number of aliphatic hydroxyl groups is 1. The van der Waals surface area contributed by atoms with E-state index in [0.717, 1.165) is 6.54 Å². The van der Waals surface area contributed by atoms with Crippen LogP contribution in [0, 0.1) is 5.92 Å². The molecule has 0 heterocycles. The highest BCUT2D eigenvalue weighted by molar-refractivity contribution is 5.28. The highest BCUT2D eigenvalue weighted by Gasteiger charge is 2.13. The van der Waals surface area contributed by atoms with Crippen molar-refractivity contribution in [1.29, 1.82) is 0 Å². The predicted molar refractivity (Wildman–Crippen MR) is 46.4 cm³/mol. The van der Waals surface area contributed by atoms with E-state index in [1.165, 1.54) is 5.57 Å². The number of hydrogen-bond donors (Lipinski definition) is 1. The third-order valence-corrected chi connectivity index (χ3v) is 1.83. The van der Waals surface area contributed by atoms with Crippen LogP contribution in [0.4, 0.5) is 0 Å². The molecule has 1 rings (SSSR count). The molecular weight excluding hydrogens is 138 g/mol. The molecule has 0 amide bonds. The van der Waals surface area contributed by atoms with Crippen molar-refractivity contribution in [3.63, 3.8) is 0 Å². The minimum atomic E-state index is 0.232. The molecule has 0 radical (unpaired) electrons. The Morgan fingerprint density at radius 1 is 1.55 bits per heavy atom. The summed E-state index contributed by atoms with van der Waals surface area (Å²) < 4.78 is 0. The van der Waals surface area contributed by atoms with E-state index in [2.05, 4.69) is 11.0 Å². The van der Waals surface area contributed by atoms with Crippen LogP contribution in [0.3, 0.4) is 0 Å². The Bertz CT molecular complexity index is 182. The van der Waals surface area contributed by atoms with Gasteiger partial charge in [-0.25, -0.2) is 0 Å². The first-order valence-corrected chi connectivity index (χ1v) is 3.87. The second kappa shape index (κ2) is 3.69. The molecule has 0 aliphatic heterocycles. The maximum atomic E-state index is 8.94. The smallest absolute Gasteiger partial charge is 0.0531 e. The van der Waals surface area contributed by atoms with Crippen LogP contribution in [-0.4, -0.2) is 37.3 Å². The zero-order valence-electron chi connectivity index (χ0n) is 7.12. The van der Waals surface area contributed by atoms with Crippen LogP contribution in [0.2, 0.25) is 0 Å². The summed E-state index contributed by atoms with van der Waals surface area (Å²) >= 11 is 0. The van der Waals surface area contributed by atoms with Crippen molar-refractivity contribution in [3.05, 3.63) is 23.8 Å². The van der Waals surface area contributed by atoms with Gasteiger partial charge in [-0.2, -0.15) is 0 Å². The molecule has 1 N–H and O–H groups in total. The van der Waals surface area contributed by atoms with Crippen molar-refractivity contribution in [3.8, 4) is 0 Å². The Kier molecular flexibility index (Phi) is 2.85. The standard InChI is InChI=1S/C9H15NO/c1-10(2)6-8-4-3-5-9(8)7-11/h3-5,9,11H,6-7H2,1-2H3. The topological polar surface area (TPSA) is 23.5 Å². The van der Waals surface area contributed by atoms with Crippen LogP contribution in [0.25, 0.3) is 0 Å². The Morgan fingerprint density at radius 2 is 2.27 bits per heavy atom. The highest BCUT2D eigenvalue weighted by Crippen LogP contribution is 2.18. The minimum Gasteiger partial charge on any atom is -0.395 e. The SMILES string of the molecule is CN(C)CC1=CC=CC1CO. The minimum absolute atomic E-state index is 0.232. The number of nitrogens with zero attached hydrogens (tertiary/aromatic N) is 1. The molecule has 0 bridgehead atoms. The van der Waals surface area contributed by atoms with Crippen LogP contribution in [0.15, 0.2) is 23.8 Å². The second-order valence-corrected chi connectivity index (χ2v) is 3.15. The number of aliphatic hydroxyl groups excluding tert-OH is 1. The molecule has 0 aromatic carbocycles. The quantitative estimate of drug-likeness (QED) is 0.643. The molecule has 1 aliphatic rings. The molecule has 2 nitrogen and oxygen atoms in total.